The lowest BCUT2D eigenvalue weighted by Gasteiger charge is -2.04. The number of benzene rings is 1. The van der Waals surface area contributed by atoms with Gasteiger partial charge in [0.25, 0.3) is 0 Å². The molecule has 0 unspecified atom stereocenters. The summed E-state index contributed by atoms with van der Waals surface area (Å²) in [5, 5.41) is 3.35. The third-order valence-corrected chi connectivity index (χ3v) is 2.24. The SMILES string of the molecule is CC(=O)NCC(=O)Oc1ccc2[nH]ccc2c1. The predicted octanol–water partition coefficient (Wildman–Crippen LogP) is 1.21. The lowest BCUT2D eigenvalue weighted by atomic mass is 10.2. The van der Waals surface area contributed by atoms with Gasteiger partial charge in [-0.2, -0.15) is 0 Å². The summed E-state index contributed by atoms with van der Waals surface area (Å²) < 4.78 is 5.07. The van der Waals surface area contributed by atoms with Crippen molar-refractivity contribution in [2.24, 2.45) is 0 Å². The van der Waals surface area contributed by atoms with E-state index in [-0.39, 0.29) is 12.5 Å². The van der Waals surface area contributed by atoms with E-state index in [9.17, 15) is 9.59 Å². The van der Waals surface area contributed by atoms with E-state index in [2.05, 4.69) is 10.3 Å². The zero-order valence-electron chi connectivity index (χ0n) is 9.32. The Morgan fingerprint density at radius 2 is 2.18 bits per heavy atom. The van der Waals surface area contributed by atoms with Crippen LogP contribution in [0.1, 0.15) is 6.92 Å². The number of ether oxygens (including phenoxy) is 1. The maximum atomic E-state index is 11.3. The van der Waals surface area contributed by atoms with Crippen molar-refractivity contribution in [2.75, 3.05) is 6.54 Å². The molecule has 1 aromatic heterocycles. The Hall–Kier alpha value is -2.30. The van der Waals surface area contributed by atoms with Gasteiger partial charge in [-0.1, -0.05) is 0 Å². The Morgan fingerprint density at radius 1 is 1.35 bits per heavy atom. The molecule has 0 aliphatic rings. The van der Waals surface area contributed by atoms with E-state index in [1.807, 2.05) is 18.3 Å². The van der Waals surface area contributed by atoms with Gasteiger partial charge in [-0.3, -0.25) is 4.79 Å². The highest BCUT2D eigenvalue weighted by Crippen LogP contribution is 2.19. The van der Waals surface area contributed by atoms with Crippen LogP contribution in [0, 0.1) is 0 Å². The van der Waals surface area contributed by atoms with Gasteiger partial charge in [0.15, 0.2) is 0 Å². The van der Waals surface area contributed by atoms with Crippen LogP contribution in [0.4, 0.5) is 0 Å². The maximum absolute atomic E-state index is 11.3. The molecule has 5 heteroatoms. The van der Waals surface area contributed by atoms with Crippen LogP contribution in [-0.2, 0) is 9.59 Å². The topological polar surface area (TPSA) is 71.2 Å². The minimum atomic E-state index is -0.491. The average Bonchev–Trinajstić information content (AvgIpc) is 2.73. The molecule has 0 radical (unpaired) electrons. The molecule has 1 heterocycles. The van der Waals surface area contributed by atoms with Gasteiger partial charge in [-0.25, -0.2) is 4.79 Å². The zero-order chi connectivity index (χ0) is 12.3. The van der Waals surface area contributed by atoms with Crippen molar-refractivity contribution >= 4 is 22.8 Å². The molecule has 1 amide bonds. The lowest BCUT2D eigenvalue weighted by molar-refractivity contribution is -0.135. The summed E-state index contributed by atoms with van der Waals surface area (Å²) in [6, 6.07) is 7.18. The first-order valence-electron chi connectivity index (χ1n) is 5.17. The summed E-state index contributed by atoms with van der Waals surface area (Å²) in [4.78, 5) is 25.0. The van der Waals surface area contributed by atoms with Crippen LogP contribution in [0.15, 0.2) is 30.5 Å². The van der Waals surface area contributed by atoms with E-state index >= 15 is 0 Å². The summed E-state index contributed by atoms with van der Waals surface area (Å²) >= 11 is 0. The van der Waals surface area contributed by atoms with E-state index in [4.69, 9.17) is 4.74 Å². The minimum Gasteiger partial charge on any atom is -0.425 e. The number of carbonyl (C=O) groups is 2. The molecular formula is C12H12N2O3. The minimum absolute atomic E-state index is 0.124. The van der Waals surface area contributed by atoms with Crippen LogP contribution in [0.25, 0.3) is 10.9 Å². The second-order valence-electron chi connectivity index (χ2n) is 3.61. The summed E-state index contributed by atoms with van der Waals surface area (Å²) in [5.41, 5.74) is 0.978. The Balaban J connectivity index is 2.02. The molecule has 5 nitrogen and oxygen atoms in total. The molecule has 0 aliphatic carbocycles. The first-order valence-corrected chi connectivity index (χ1v) is 5.17. The Labute approximate surface area is 97.8 Å². The van der Waals surface area contributed by atoms with Crippen molar-refractivity contribution in [3.63, 3.8) is 0 Å². The van der Waals surface area contributed by atoms with Crippen molar-refractivity contribution in [2.45, 2.75) is 6.92 Å². The van der Waals surface area contributed by atoms with E-state index in [0.717, 1.165) is 10.9 Å². The monoisotopic (exact) mass is 232 g/mol. The molecule has 1 aromatic carbocycles. The number of rotatable bonds is 3. The van der Waals surface area contributed by atoms with Crippen LogP contribution < -0.4 is 10.1 Å². The molecule has 0 fully saturated rings. The molecule has 0 atom stereocenters. The number of H-pyrrole nitrogens is 1. The molecule has 2 rings (SSSR count). The molecule has 0 saturated heterocycles. The van der Waals surface area contributed by atoms with Gasteiger partial charge in [0.05, 0.1) is 0 Å². The van der Waals surface area contributed by atoms with Gasteiger partial charge >= 0.3 is 5.97 Å². The molecule has 0 saturated carbocycles. The van der Waals surface area contributed by atoms with Gasteiger partial charge in [0, 0.05) is 24.0 Å². The smallest absolute Gasteiger partial charge is 0.330 e. The van der Waals surface area contributed by atoms with Gasteiger partial charge in [-0.05, 0) is 24.3 Å². The van der Waals surface area contributed by atoms with Crippen LogP contribution in [0.5, 0.6) is 5.75 Å². The van der Waals surface area contributed by atoms with Crippen LogP contribution in [0.2, 0.25) is 0 Å². The van der Waals surface area contributed by atoms with E-state index in [0.29, 0.717) is 5.75 Å². The van der Waals surface area contributed by atoms with Crippen molar-refractivity contribution in [1.82, 2.24) is 10.3 Å². The standard InChI is InChI=1S/C12H12N2O3/c1-8(15)14-7-12(16)17-10-2-3-11-9(6-10)4-5-13-11/h2-6,13H,7H2,1H3,(H,14,15). The summed E-state index contributed by atoms with van der Waals surface area (Å²) in [7, 11) is 0. The van der Waals surface area contributed by atoms with Crippen LogP contribution in [-0.4, -0.2) is 23.4 Å². The summed E-state index contributed by atoms with van der Waals surface area (Å²) in [6.07, 6.45) is 1.81. The Morgan fingerprint density at radius 3 is 2.94 bits per heavy atom. The van der Waals surface area contributed by atoms with Crippen LogP contribution >= 0.6 is 0 Å². The highest BCUT2D eigenvalue weighted by molar-refractivity contribution is 5.84. The number of amides is 1. The quantitative estimate of drug-likeness (QED) is 0.617. The fraction of sp³-hybridized carbons (Fsp3) is 0.167. The highest BCUT2D eigenvalue weighted by Gasteiger charge is 2.06. The third kappa shape index (κ3) is 2.84. The molecule has 0 bridgehead atoms. The largest absolute Gasteiger partial charge is 0.425 e. The number of fused-ring (bicyclic) bond motifs is 1. The Bertz CT molecular complexity index is 560. The number of esters is 1. The average molecular weight is 232 g/mol. The van der Waals surface area contributed by atoms with Crippen molar-refractivity contribution in [1.29, 1.82) is 0 Å². The second kappa shape index (κ2) is 4.69. The van der Waals surface area contributed by atoms with Gasteiger partial charge in [-0.15, -0.1) is 0 Å². The van der Waals surface area contributed by atoms with Crippen molar-refractivity contribution in [3.05, 3.63) is 30.5 Å². The van der Waals surface area contributed by atoms with E-state index in [1.54, 1.807) is 12.1 Å². The first kappa shape index (κ1) is 11.2. The Kier molecular flexibility index (Phi) is 3.09. The normalized spacial score (nSPS) is 10.2. The molecule has 2 aromatic rings. The third-order valence-electron chi connectivity index (χ3n) is 2.24. The maximum Gasteiger partial charge on any atom is 0.330 e. The molecule has 88 valence electrons. The predicted molar refractivity (Wildman–Crippen MR) is 62.6 cm³/mol. The first-order chi connectivity index (χ1) is 8.15. The highest BCUT2D eigenvalue weighted by atomic mass is 16.5. The number of hydrogen-bond acceptors (Lipinski definition) is 3. The zero-order valence-corrected chi connectivity index (χ0v) is 9.32. The number of nitrogens with one attached hydrogen (secondary N) is 2. The summed E-state index contributed by atoms with van der Waals surface area (Å²) in [5.74, 6) is -0.287. The van der Waals surface area contributed by atoms with Crippen molar-refractivity contribution in [3.8, 4) is 5.75 Å². The van der Waals surface area contributed by atoms with E-state index in [1.165, 1.54) is 6.92 Å². The summed E-state index contributed by atoms with van der Waals surface area (Å²) in [6.45, 7) is 1.22. The molecular weight excluding hydrogens is 220 g/mol. The van der Waals surface area contributed by atoms with Gasteiger partial charge in [0.1, 0.15) is 12.3 Å². The number of aromatic amines is 1. The molecule has 17 heavy (non-hydrogen) atoms. The second-order valence-corrected chi connectivity index (χ2v) is 3.61. The van der Waals surface area contributed by atoms with Crippen molar-refractivity contribution < 1.29 is 14.3 Å². The fourth-order valence-corrected chi connectivity index (χ4v) is 1.46. The van der Waals surface area contributed by atoms with Gasteiger partial charge < -0.3 is 15.0 Å². The van der Waals surface area contributed by atoms with Crippen LogP contribution in [0.3, 0.4) is 0 Å². The molecule has 2 N–H and O–H groups in total. The number of hydrogen-bond donors (Lipinski definition) is 2. The lowest BCUT2D eigenvalue weighted by Crippen LogP contribution is -2.29. The molecule has 0 spiro atoms. The van der Waals surface area contributed by atoms with E-state index < -0.39 is 5.97 Å². The number of carbonyl (C=O) groups excluding carboxylic acids is 2. The number of aromatic nitrogens is 1. The fourth-order valence-electron chi connectivity index (χ4n) is 1.46. The van der Waals surface area contributed by atoms with Gasteiger partial charge in [0.2, 0.25) is 5.91 Å². The molecule has 0 aliphatic heterocycles.